The first kappa shape index (κ1) is 17.8. The van der Waals surface area contributed by atoms with Crippen LogP contribution in [0.15, 0.2) is 47.4 Å². The maximum Gasteiger partial charge on any atom is 0.228 e. The molecular weight excluding hydrogens is 342 g/mol. The van der Waals surface area contributed by atoms with Gasteiger partial charge in [0.05, 0.1) is 13.0 Å². The van der Waals surface area contributed by atoms with Crippen LogP contribution in [0.5, 0.6) is 5.75 Å². The Hall–Kier alpha value is -2.60. The van der Waals surface area contributed by atoms with Gasteiger partial charge in [0.1, 0.15) is 0 Å². The van der Waals surface area contributed by atoms with Gasteiger partial charge in [-0.15, -0.1) is 0 Å². The van der Waals surface area contributed by atoms with Gasteiger partial charge >= 0.3 is 0 Å². The van der Waals surface area contributed by atoms with Gasteiger partial charge in [-0.2, -0.15) is 0 Å². The molecule has 6 nitrogen and oxygen atoms in total. The summed E-state index contributed by atoms with van der Waals surface area (Å²) in [6.07, 6.45) is 4.35. The summed E-state index contributed by atoms with van der Waals surface area (Å²) in [6, 6.07) is 11.6. The Morgan fingerprint density at radius 1 is 1.19 bits per heavy atom. The van der Waals surface area contributed by atoms with Crippen LogP contribution in [0.4, 0.5) is 0 Å². The SMILES string of the molecule is COc1c[nH]c(CN2CCC3(CC2)C[C@@H](c2ccccc2)C(=O)N3)cc1=O. The Balaban J connectivity index is 1.38. The van der Waals surface area contributed by atoms with Crippen LogP contribution >= 0.6 is 0 Å². The maximum atomic E-state index is 12.5. The Morgan fingerprint density at radius 2 is 1.93 bits per heavy atom. The van der Waals surface area contributed by atoms with Crippen molar-refractivity contribution in [3.8, 4) is 5.75 Å². The minimum atomic E-state index is -0.103. The van der Waals surface area contributed by atoms with Crippen molar-refractivity contribution in [2.45, 2.75) is 37.3 Å². The number of carbonyl (C=O) groups excluding carboxylic acids is 1. The van der Waals surface area contributed by atoms with E-state index in [4.69, 9.17) is 4.74 Å². The number of hydrogen-bond donors (Lipinski definition) is 2. The first-order chi connectivity index (χ1) is 13.1. The zero-order valence-corrected chi connectivity index (χ0v) is 15.5. The molecule has 2 aliphatic heterocycles. The molecule has 6 heteroatoms. The summed E-state index contributed by atoms with van der Waals surface area (Å²) in [5.41, 5.74) is 1.79. The van der Waals surface area contributed by atoms with Crippen LogP contribution in [-0.2, 0) is 11.3 Å². The van der Waals surface area contributed by atoms with Crippen LogP contribution in [0.25, 0.3) is 0 Å². The smallest absolute Gasteiger partial charge is 0.228 e. The van der Waals surface area contributed by atoms with E-state index in [1.54, 1.807) is 12.3 Å². The fourth-order valence-corrected chi connectivity index (χ4v) is 4.30. The summed E-state index contributed by atoms with van der Waals surface area (Å²) in [5, 5.41) is 3.29. The molecule has 2 saturated heterocycles. The number of nitrogens with one attached hydrogen (secondary N) is 2. The molecule has 1 amide bonds. The Kier molecular flexibility index (Phi) is 4.74. The van der Waals surface area contributed by atoms with Gasteiger partial charge in [0.25, 0.3) is 0 Å². The second-order valence-electron chi connectivity index (χ2n) is 7.60. The number of piperidine rings is 1. The number of H-pyrrole nitrogens is 1. The zero-order chi connectivity index (χ0) is 18.9. The highest BCUT2D eigenvalue weighted by Gasteiger charge is 2.46. The van der Waals surface area contributed by atoms with E-state index >= 15 is 0 Å². The average molecular weight is 367 g/mol. The van der Waals surface area contributed by atoms with Gasteiger partial charge in [-0.25, -0.2) is 0 Å². The minimum absolute atomic E-state index is 0.0457. The van der Waals surface area contributed by atoms with E-state index in [2.05, 4.69) is 15.2 Å². The molecular formula is C21H25N3O3. The lowest BCUT2D eigenvalue weighted by molar-refractivity contribution is -0.121. The van der Waals surface area contributed by atoms with E-state index in [-0.39, 0.29) is 22.8 Å². The maximum absolute atomic E-state index is 12.5. The number of aromatic amines is 1. The second-order valence-corrected chi connectivity index (χ2v) is 7.60. The highest BCUT2D eigenvalue weighted by atomic mass is 16.5. The number of amides is 1. The van der Waals surface area contributed by atoms with Crippen LogP contribution in [0.1, 0.15) is 36.4 Å². The van der Waals surface area contributed by atoms with Crippen LogP contribution in [0.3, 0.4) is 0 Å². The summed E-state index contributed by atoms with van der Waals surface area (Å²) in [7, 11) is 1.49. The number of aromatic nitrogens is 1. The topological polar surface area (TPSA) is 74.4 Å². The number of rotatable bonds is 4. The number of carbonyl (C=O) groups is 1. The molecule has 1 aromatic carbocycles. The third-order valence-electron chi connectivity index (χ3n) is 5.87. The van der Waals surface area contributed by atoms with Crippen molar-refractivity contribution in [2.75, 3.05) is 20.2 Å². The predicted octanol–water partition coefficient (Wildman–Crippen LogP) is 2.02. The number of pyridine rings is 1. The molecule has 1 spiro atoms. The molecule has 1 aromatic heterocycles. The quantitative estimate of drug-likeness (QED) is 0.867. The van der Waals surface area contributed by atoms with Crippen LogP contribution in [-0.4, -0.2) is 41.5 Å². The monoisotopic (exact) mass is 367 g/mol. The van der Waals surface area contributed by atoms with Gasteiger partial charge in [-0.05, 0) is 24.8 Å². The van der Waals surface area contributed by atoms with Crippen molar-refractivity contribution in [2.24, 2.45) is 0 Å². The molecule has 3 heterocycles. The lowest BCUT2D eigenvalue weighted by Gasteiger charge is -2.39. The third-order valence-corrected chi connectivity index (χ3v) is 5.87. The second kappa shape index (κ2) is 7.19. The Bertz CT molecular complexity index is 870. The summed E-state index contributed by atoms with van der Waals surface area (Å²) in [6.45, 7) is 2.50. The molecule has 0 saturated carbocycles. The standard InChI is InChI=1S/C21H25N3O3/c1-27-19-13-22-16(11-18(19)25)14-24-9-7-21(8-10-24)12-17(20(26)23-21)15-5-3-2-4-6-15/h2-6,11,13,17H,7-10,12,14H2,1H3,(H,22,25)(H,23,26)/t17-/m0/s1. The van der Waals surface area contributed by atoms with E-state index in [0.717, 1.165) is 43.6 Å². The molecule has 1 atom stereocenters. The van der Waals surface area contributed by atoms with Crippen molar-refractivity contribution in [1.29, 1.82) is 0 Å². The summed E-state index contributed by atoms with van der Waals surface area (Å²) in [4.78, 5) is 29.9. The first-order valence-corrected chi connectivity index (χ1v) is 9.43. The van der Waals surface area contributed by atoms with E-state index in [1.165, 1.54) is 7.11 Å². The number of nitrogens with zero attached hydrogens (tertiary/aromatic N) is 1. The molecule has 2 aliphatic rings. The molecule has 0 bridgehead atoms. The summed E-state index contributed by atoms with van der Waals surface area (Å²) in [5.74, 6) is 0.432. The van der Waals surface area contributed by atoms with Gasteiger partial charge < -0.3 is 15.0 Å². The number of likely N-dealkylation sites (tertiary alicyclic amines) is 1. The molecule has 2 fully saturated rings. The summed E-state index contributed by atoms with van der Waals surface area (Å²) >= 11 is 0. The average Bonchev–Trinajstić information content (AvgIpc) is 3.01. The fourth-order valence-electron chi connectivity index (χ4n) is 4.30. The number of benzene rings is 1. The van der Waals surface area contributed by atoms with Gasteiger partial charge in [0.15, 0.2) is 5.75 Å². The van der Waals surface area contributed by atoms with E-state index in [1.807, 2.05) is 30.3 Å². The normalized spacial score (nSPS) is 22.0. The molecule has 4 rings (SSSR count). The van der Waals surface area contributed by atoms with Crippen LogP contribution in [0, 0.1) is 0 Å². The molecule has 0 unspecified atom stereocenters. The van der Waals surface area contributed by atoms with Crippen molar-refractivity contribution < 1.29 is 9.53 Å². The van der Waals surface area contributed by atoms with Crippen molar-refractivity contribution in [3.05, 3.63) is 64.1 Å². The molecule has 142 valence electrons. The Labute approximate surface area is 158 Å². The highest BCUT2D eigenvalue weighted by Crippen LogP contribution is 2.39. The van der Waals surface area contributed by atoms with Gasteiger partial charge in [0, 0.05) is 43.1 Å². The fraction of sp³-hybridized carbons (Fsp3) is 0.429. The molecule has 2 aromatic rings. The lowest BCUT2D eigenvalue weighted by atomic mass is 9.82. The van der Waals surface area contributed by atoms with E-state index < -0.39 is 0 Å². The van der Waals surface area contributed by atoms with Crippen molar-refractivity contribution >= 4 is 5.91 Å². The molecule has 0 aliphatic carbocycles. The van der Waals surface area contributed by atoms with Gasteiger partial charge in [-0.3, -0.25) is 14.5 Å². The zero-order valence-electron chi connectivity index (χ0n) is 15.5. The van der Waals surface area contributed by atoms with Gasteiger partial charge in [0.2, 0.25) is 11.3 Å². The summed E-state index contributed by atoms with van der Waals surface area (Å²) < 4.78 is 5.01. The van der Waals surface area contributed by atoms with E-state index in [9.17, 15) is 9.59 Å². The largest absolute Gasteiger partial charge is 0.491 e. The Morgan fingerprint density at radius 3 is 2.59 bits per heavy atom. The molecule has 27 heavy (non-hydrogen) atoms. The number of ether oxygens (including phenoxy) is 1. The predicted molar refractivity (Wildman–Crippen MR) is 103 cm³/mol. The van der Waals surface area contributed by atoms with Crippen molar-refractivity contribution in [3.63, 3.8) is 0 Å². The van der Waals surface area contributed by atoms with Crippen molar-refractivity contribution in [1.82, 2.24) is 15.2 Å². The lowest BCUT2D eigenvalue weighted by Crippen LogP contribution is -2.50. The highest BCUT2D eigenvalue weighted by molar-refractivity contribution is 5.87. The molecule has 0 radical (unpaired) electrons. The first-order valence-electron chi connectivity index (χ1n) is 9.43. The minimum Gasteiger partial charge on any atom is -0.491 e. The van der Waals surface area contributed by atoms with Crippen LogP contribution in [0.2, 0.25) is 0 Å². The van der Waals surface area contributed by atoms with Crippen LogP contribution < -0.4 is 15.5 Å². The number of methoxy groups -OCH3 is 1. The third kappa shape index (κ3) is 3.62. The van der Waals surface area contributed by atoms with Gasteiger partial charge in [-0.1, -0.05) is 30.3 Å². The molecule has 2 N–H and O–H groups in total. The number of hydrogen-bond acceptors (Lipinski definition) is 4. The van der Waals surface area contributed by atoms with E-state index in [0.29, 0.717) is 12.3 Å².